The summed E-state index contributed by atoms with van der Waals surface area (Å²) in [4.78, 5) is 11.3. The van der Waals surface area contributed by atoms with E-state index < -0.39 is 5.97 Å². The van der Waals surface area contributed by atoms with Crippen LogP contribution in [0.5, 0.6) is 5.75 Å². The highest BCUT2D eigenvalue weighted by atomic mass is 16.5. The molecule has 1 aromatic rings. The van der Waals surface area contributed by atoms with E-state index >= 15 is 0 Å². The van der Waals surface area contributed by atoms with Crippen LogP contribution in [0.15, 0.2) is 18.2 Å². The molecule has 1 unspecified atom stereocenters. The lowest BCUT2D eigenvalue weighted by Gasteiger charge is -2.38. The first kappa shape index (κ1) is 12.0. The second-order valence-corrected chi connectivity index (χ2v) is 5.14. The summed E-state index contributed by atoms with van der Waals surface area (Å²) in [5.74, 6) is -0.148. The molecule has 1 aliphatic carbocycles. The predicted molar refractivity (Wildman–Crippen MR) is 65.5 cm³/mol. The number of aliphatic carboxylic acids is 1. The Bertz CT molecular complexity index is 449. The smallest absolute Gasteiger partial charge is 0.307 e. The lowest BCUT2D eigenvalue weighted by molar-refractivity contribution is -0.144. The van der Waals surface area contributed by atoms with Gasteiger partial charge in [0.05, 0.1) is 13.0 Å². The van der Waals surface area contributed by atoms with E-state index in [-0.39, 0.29) is 11.3 Å². The van der Waals surface area contributed by atoms with Crippen LogP contribution >= 0.6 is 0 Å². The van der Waals surface area contributed by atoms with Crippen LogP contribution in [0.25, 0.3) is 0 Å². The summed E-state index contributed by atoms with van der Waals surface area (Å²) in [7, 11) is 1.66. The van der Waals surface area contributed by atoms with Gasteiger partial charge in [-0.3, -0.25) is 4.79 Å². The van der Waals surface area contributed by atoms with Crippen LogP contribution in [0.2, 0.25) is 0 Å². The summed E-state index contributed by atoms with van der Waals surface area (Å²) in [6, 6.07) is 5.90. The van der Waals surface area contributed by atoms with Crippen LogP contribution in [0.1, 0.15) is 31.4 Å². The Labute approximate surface area is 101 Å². The zero-order chi connectivity index (χ0) is 12.6. The molecule has 1 aliphatic rings. The van der Waals surface area contributed by atoms with Crippen molar-refractivity contribution in [2.45, 2.75) is 32.1 Å². The van der Waals surface area contributed by atoms with E-state index in [0.29, 0.717) is 6.42 Å². The Morgan fingerprint density at radius 3 is 2.76 bits per heavy atom. The number of rotatable bonds is 2. The summed E-state index contributed by atoms with van der Waals surface area (Å²) in [5.41, 5.74) is 1.93. The standard InChI is InChI=1S/C14H18O3/c1-14(2)10-5-4-6-12(17-3)9(10)7-8-11(14)13(15)16/h4-6,11H,7-8H2,1-3H3,(H,15,16). The van der Waals surface area contributed by atoms with Crippen LogP contribution in [0, 0.1) is 5.92 Å². The molecule has 3 nitrogen and oxygen atoms in total. The third-order valence-corrected chi connectivity index (χ3v) is 3.90. The quantitative estimate of drug-likeness (QED) is 0.855. The monoisotopic (exact) mass is 234 g/mol. The van der Waals surface area contributed by atoms with Gasteiger partial charge in [-0.2, -0.15) is 0 Å². The summed E-state index contributed by atoms with van der Waals surface area (Å²) < 4.78 is 5.35. The van der Waals surface area contributed by atoms with Crippen molar-refractivity contribution in [3.8, 4) is 5.75 Å². The van der Waals surface area contributed by atoms with E-state index in [0.717, 1.165) is 23.3 Å². The average Bonchev–Trinajstić information content (AvgIpc) is 2.27. The molecule has 0 heterocycles. The Morgan fingerprint density at radius 1 is 1.47 bits per heavy atom. The number of methoxy groups -OCH3 is 1. The Hall–Kier alpha value is -1.51. The van der Waals surface area contributed by atoms with Gasteiger partial charge in [0.15, 0.2) is 0 Å². The number of fused-ring (bicyclic) bond motifs is 1. The van der Waals surface area contributed by atoms with E-state index in [4.69, 9.17) is 4.74 Å². The van der Waals surface area contributed by atoms with Crippen LogP contribution < -0.4 is 4.74 Å². The first-order chi connectivity index (χ1) is 7.98. The lowest BCUT2D eigenvalue weighted by atomic mass is 9.65. The number of ether oxygens (including phenoxy) is 1. The molecule has 1 N–H and O–H groups in total. The van der Waals surface area contributed by atoms with Gasteiger partial charge in [0, 0.05) is 5.41 Å². The Morgan fingerprint density at radius 2 is 2.18 bits per heavy atom. The van der Waals surface area contributed by atoms with Crippen molar-refractivity contribution in [2.24, 2.45) is 5.92 Å². The van der Waals surface area contributed by atoms with Gasteiger partial charge in [-0.15, -0.1) is 0 Å². The molecule has 0 spiro atoms. The third kappa shape index (κ3) is 1.79. The van der Waals surface area contributed by atoms with Gasteiger partial charge in [-0.1, -0.05) is 26.0 Å². The SMILES string of the molecule is COc1cccc2c1CCC(C(=O)O)C2(C)C. The van der Waals surface area contributed by atoms with Crippen molar-refractivity contribution in [3.05, 3.63) is 29.3 Å². The molecule has 1 aromatic carbocycles. The highest BCUT2D eigenvalue weighted by Crippen LogP contribution is 2.44. The topological polar surface area (TPSA) is 46.5 Å². The molecule has 3 heteroatoms. The zero-order valence-corrected chi connectivity index (χ0v) is 10.5. The summed E-state index contributed by atoms with van der Waals surface area (Å²) in [5, 5.41) is 9.29. The van der Waals surface area contributed by atoms with Crippen molar-refractivity contribution in [1.82, 2.24) is 0 Å². The zero-order valence-electron chi connectivity index (χ0n) is 10.5. The largest absolute Gasteiger partial charge is 0.496 e. The minimum Gasteiger partial charge on any atom is -0.496 e. The minimum absolute atomic E-state index is 0.317. The first-order valence-corrected chi connectivity index (χ1v) is 5.87. The highest BCUT2D eigenvalue weighted by molar-refractivity contribution is 5.73. The number of hydrogen-bond donors (Lipinski definition) is 1. The van der Waals surface area contributed by atoms with Crippen LogP contribution in [-0.2, 0) is 16.6 Å². The van der Waals surface area contributed by atoms with Gasteiger partial charge in [0.2, 0.25) is 0 Å². The Balaban J connectivity index is 2.54. The van der Waals surface area contributed by atoms with Gasteiger partial charge >= 0.3 is 5.97 Å². The molecular formula is C14H18O3. The molecule has 92 valence electrons. The fourth-order valence-electron chi connectivity index (χ4n) is 2.89. The van der Waals surface area contributed by atoms with Gasteiger partial charge in [-0.05, 0) is 30.0 Å². The molecule has 0 saturated heterocycles. The molecule has 0 saturated carbocycles. The fourth-order valence-corrected chi connectivity index (χ4v) is 2.89. The second-order valence-electron chi connectivity index (χ2n) is 5.14. The summed E-state index contributed by atoms with van der Waals surface area (Å²) in [6.07, 6.45) is 1.45. The van der Waals surface area contributed by atoms with E-state index in [2.05, 4.69) is 0 Å². The second kappa shape index (κ2) is 4.06. The maximum atomic E-state index is 11.3. The maximum Gasteiger partial charge on any atom is 0.307 e. The Kier molecular flexibility index (Phi) is 2.86. The normalized spacial score (nSPS) is 21.7. The van der Waals surface area contributed by atoms with Gasteiger partial charge in [0.1, 0.15) is 5.75 Å². The summed E-state index contributed by atoms with van der Waals surface area (Å²) >= 11 is 0. The van der Waals surface area contributed by atoms with E-state index in [1.54, 1.807) is 7.11 Å². The summed E-state index contributed by atoms with van der Waals surface area (Å²) in [6.45, 7) is 4.01. The lowest BCUT2D eigenvalue weighted by Crippen LogP contribution is -2.39. The molecular weight excluding hydrogens is 216 g/mol. The molecule has 0 aliphatic heterocycles. The molecule has 1 atom stereocenters. The van der Waals surface area contributed by atoms with Crippen molar-refractivity contribution in [3.63, 3.8) is 0 Å². The molecule has 0 aromatic heterocycles. The van der Waals surface area contributed by atoms with Crippen molar-refractivity contribution in [1.29, 1.82) is 0 Å². The molecule has 0 radical (unpaired) electrons. The fraction of sp³-hybridized carbons (Fsp3) is 0.500. The predicted octanol–water partition coefficient (Wildman–Crippen LogP) is 2.62. The highest BCUT2D eigenvalue weighted by Gasteiger charge is 2.41. The number of benzene rings is 1. The van der Waals surface area contributed by atoms with Gasteiger partial charge in [-0.25, -0.2) is 0 Å². The van der Waals surface area contributed by atoms with Gasteiger partial charge in [0.25, 0.3) is 0 Å². The molecule has 0 fully saturated rings. The van der Waals surface area contributed by atoms with E-state index in [1.165, 1.54) is 0 Å². The van der Waals surface area contributed by atoms with Crippen molar-refractivity contribution < 1.29 is 14.6 Å². The minimum atomic E-state index is -0.705. The van der Waals surface area contributed by atoms with Crippen molar-refractivity contribution >= 4 is 5.97 Å². The number of carboxylic acid groups (broad SMARTS) is 1. The van der Waals surface area contributed by atoms with Crippen LogP contribution in [-0.4, -0.2) is 18.2 Å². The molecule has 0 amide bonds. The molecule has 17 heavy (non-hydrogen) atoms. The maximum absolute atomic E-state index is 11.3. The van der Waals surface area contributed by atoms with Crippen molar-refractivity contribution in [2.75, 3.05) is 7.11 Å². The molecule has 2 rings (SSSR count). The van der Waals surface area contributed by atoms with E-state index in [9.17, 15) is 9.90 Å². The van der Waals surface area contributed by atoms with Gasteiger partial charge < -0.3 is 9.84 Å². The third-order valence-electron chi connectivity index (χ3n) is 3.90. The first-order valence-electron chi connectivity index (χ1n) is 5.87. The molecule has 0 bridgehead atoms. The van der Waals surface area contributed by atoms with Crippen LogP contribution in [0.4, 0.5) is 0 Å². The average molecular weight is 234 g/mol. The number of hydrogen-bond acceptors (Lipinski definition) is 2. The number of carboxylic acids is 1. The van der Waals surface area contributed by atoms with Crippen LogP contribution in [0.3, 0.4) is 0 Å². The van der Waals surface area contributed by atoms with E-state index in [1.807, 2.05) is 32.0 Å². The number of carbonyl (C=O) groups is 1.